The van der Waals surface area contributed by atoms with Crippen molar-refractivity contribution in [3.63, 3.8) is 0 Å². The molecular weight excluding hydrogens is 184 g/mol. The van der Waals surface area contributed by atoms with Crippen LogP contribution < -0.4 is 10.6 Å². The third-order valence-electron chi connectivity index (χ3n) is 3.86. The van der Waals surface area contributed by atoms with E-state index in [0.29, 0.717) is 6.04 Å². The second-order valence-electron chi connectivity index (χ2n) is 5.76. The Labute approximate surface area is 94.2 Å². The fourth-order valence-electron chi connectivity index (χ4n) is 2.92. The Hall–Kier alpha value is -0.0800. The highest BCUT2D eigenvalue weighted by atomic mass is 14.9. The molecule has 0 radical (unpaired) electrons. The average Bonchev–Trinajstić information content (AvgIpc) is 2.80. The van der Waals surface area contributed by atoms with E-state index in [9.17, 15) is 0 Å². The Kier molecular flexibility index (Phi) is 4.04. The number of hydrogen-bond donors (Lipinski definition) is 2. The molecule has 0 amide bonds. The van der Waals surface area contributed by atoms with Gasteiger partial charge in [-0.1, -0.05) is 13.8 Å². The molecule has 2 unspecified atom stereocenters. The van der Waals surface area contributed by atoms with E-state index in [-0.39, 0.29) is 0 Å². The van der Waals surface area contributed by atoms with Crippen molar-refractivity contribution in [3.8, 4) is 0 Å². The predicted octanol–water partition coefficient (Wildman–Crippen LogP) is 2.01. The molecule has 2 saturated carbocycles. The molecule has 2 aliphatic rings. The lowest BCUT2D eigenvalue weighted by Crippen LogP contribution is -2.28. The molecule has 0 aromatic rings. The van der Waals surface area contributed by atoms with Gasteiger partial charge in [0, 0.05) is 6.04 Å². The number of hydrogen-bond acceptors (Lipinski definition) is 2. The highest BCUT2D eigenvalue weighted by Crippen LogP contribution is 2.54. The Bertz CT molecular complexity index is 181. The number of rotatable bonds is 7. The standard InChI is InChI=1S/C13H26N2/c1-10(2)15-5-3-4-14-9-11-6-12-8-13(12)7-11/h10-15H,3-9H2,1-2H3. The lowest BCUT2D eigenvalue weighted by atomic mass is 10.0. The minimum absolute atomic E-state index is 0.631. The average molecular weight is 210 g/mol. The summed E-state index contributed by atoms with van der Waals surface area (Å²) < 4.78 is 0. The Morgan fingerprint density at radius 3 is 2.47 bits per heavy atom. The van der Waals surface area contributed by atoms with Crippen LogP contribution in [0.5, 0.6) is 0 Å². The molecule has 0 bridgehead atoms. The summed E-state index contributed by atoms with van der Waals surface area (Å²) in [6, 6.07) is 0.631. The summed E-state index contributed by atoms with van der Waals surface area (Å²) in [7, 11) is 0. The summed E-state index contributed by atoms with van der Waals surface area (Å²) in [5.41, 5.74) is 0. The first-order valence-electron chi connectivity index (χ1n) is 6.70. The van der Waals surface area contributed by atoms with Gasteiger partial charge in [0.05, 0.1) is 0 Å². The van der Waals surface area contributed by atoms with Crippen molar-refractivity contribution in [2.75, 3.05) is 19.6 Å². The zero-order valence-corrected chi connectivity index (χ0v) is 10.3. The molecule has 2 nitrogen and oxygen atoms in total. The molecule has 2 atom stereocenters. The lowest BCUT2D eigenvalue weighted by molar-refractivity contribution is 0.441. The van der Waals surface area contributed by atoms with Gasteiger partial charge in [0.15, 0.2) is 0 Å². The quantitative estimate of drug-likeness (QED) is 0.628. The van der Waals surface area contributed by atoms with Crippen LogP contribution in [0.4, 0.5) is 0 Å². The molecule has 0 saturated heterocycles. The van der Waals surface area contributed by atoms with Gasteiger partial charge >= 0.3 is 0 Å². The number of nitrogens with one attached hydrogen (secondary N) is 2. The Morgan fingerprint density at radius 2 is 1.80 bits per heavy atom. The lowest BCUT2D eigenvalue weighted by Gasteiger charge is -2.13. The topological polar surface area (TPSA) is 24.1 Å². The fourth-order valence-corrected chi connectivity index (χ4v) is 2.92. The van der Waals surface area contributed by atoms with E-state index in [1.165, 1.54) is 32.4 Å². The summed E-state index contributed by atoms with van der Waals surface area (Å²) in [5, 5.41) is 7.05. The smallest absolute Gasteiger partial charge is 0.00103 e. The van der Waals surface area contributed by atoms with Crippen molar-refractivity contribution in [2.45, 2.75) is 45.6 Å². The van der Waals surface area contributed by atoms with Crippen LogP contribution in [-0.4, -0.2) is 25.7 Å². The molecule has 0 spiro atoms. The highest BCUT2D eigenvalue weighted by molar-refractivity contribution is 4.96. The van der Waals surface area contributed by atoms with Gasteiger partial charge in [0.25, 0.3) is 0 Å². The predicted molar refractivity (Wildman–Crippen MR) is 64.9 cm³/mol. The molecule has 0 aromatic carbocycles. The molecular formula is C13H26N2. The first kappa shape index (κ1) is 11.4. The van der Waals surface area contributed by atoms with E-state index in [1.54, 1.807) is 6.42 Å². The molecule has 2 fully saturated rings. The monoisotopic (exact) mass is 210 g/mol. The van der Waals surface area contributed by atoms with Gasteiger partial charge in [-0.05, 0) is 63.1 Å². The van der Waals surface area contributed by atoms with Crippen LogP contribution in [0.3, 0.4) is 0 Å². The van der Waals surface area contributed by atoms with Crippen molar-refractivity contribution in [2.24, 2.45) is 17.8 Å². The largest absolute Gasteiger partial charge is 0.316 e. The van der Waals surface area contributed by atoms with Gasteiger partial charge in [-0.15, -0.1) is 0 Å². The van der Waals surface area contributed by atoms with E-state index < -0.39 is 0 Å². The first-order chi connectivity index (χ1) is 7.25. The maximum absolute atomic E-state index is 3.60. The van der Waals surface area contributed by atoms with Crippen molar-refractivity contribution < 1.29 is 0 Å². The molecule has 15 heavy (non-hydrogen) atoms. The maximum atomic E-state index is 3.60. The first-order valence-corrected chi connectivity index (χ1v) is 6.70. The summed E-state index contributed by atoms with van der Waals surface area (Å²) in [5.74, 6) is 3.28. The molecule has 88 valence electrons. The van der Waals surface area contributed by atoms with E-state index in [2.05, 4.69) is 24.5 Å². The molecule has 2 N–H and O–H groups in total. The van der Waals surface area contributed by atoms with Crippen molar-refractivity contribution in [3.05, 3.63) is 0 Å². The van der Waals surface area contributed by atoms with Crippen molar-refractivity contribution in [1.29, 1.82) is 0 Å². The van der Waals surface area contributed by atoms with Gasteiger partial charge in [-0.2, -0.15) is 0 Å². The van der Waals surface area contributed by atoms with Gasteiger partial charge in [0.2, 0.25) is 0 Å². The minimum atomic E-state index is 0.631. The van der Waals surface area contributed by atoms with Crippen molar-refractivity contribution in [1.82, 2.24) is 10.6 Å². The molecule has 0 heterocycles. The van der Waals surface area contributed by atoms with Gasteiger partial charge in [-0.25, -0.2) is 0 Å². The second-order valence-corrected chi connectivity index (χ2v) is 5.76. The minimum Gasteiger partial charge on any atom is -0.316 e. The molecule has 0 aromatic heterocycles. The molecule has 2 heteroatoms. The van der Waals surface area contributed by atoms with Gasteiger partial charge in [-0.3, -0.25) is 0 Å². The van der Waals surface area contributed by atoms with Crippen molar-refractivity contribution >= 4 is 0 Å². The van der Waals surface area contributed by atoms with E-state index in [0.717, 1.165) is 24.3 Å². The molecule has 2 aliphatic carbocycles. The molecule has 2 rings (SSSR count). The Morgan fingerprint density at radius 1 is 1.07 bits per heavy atom. The third-order valence-corrected chi connectivity index (χ3v) is 3.86. The zero-order valence-electron chi connectivity index (χ0n) is 10.3. The van der Waals surface area contributed by atoms with Gasteiger partial charge < -0.3 is 10.6 Å². The van der Waals surface area contributed by atoms with Crippen LogP contribution in [0.25, 0.3) is 0 Å². The fraction of sp³-hybridized carbons (Fsp3) is 1.00. The van der Waals surface area contributed by atoms with Crippen LogP contribution in [0.1, 0.15) is 39.5 Å². The summed E-state index contributed by atoms with van der Waals surface area (Å²) >= 11 is 0. The SMILES string of the molecule is CC(C)NCCCNCC1CC2CC2C1. The Balaban J connectivity index is 1.39. The normalized spacial score (nSPS) is 33.4. The summed E-state index contributed by atoms with van der Waals surface area (Å²) in [6.07, 6.45) is 5.84. The van der Waals surface area contributed by atoms with E-state index in [4.69, 9.17) is 0 Å². The van der Waals surface area contributed by atoms with Crippen LogP contribution in [0, 0.1) is 17.8 Å². The maximum Gasteiger partial charge on any atom is 0.00103 e. The molecule has 0 aliphatic heterocycles. The second kappa shape index (κ2) is 5.31. The number of fused-ring (bicyclic) bond motifs is 1. The zero-order chi connectivity index (χ0) is 10.7. The third kappa shape index (κ3) is 3.76. The van der Waals surface area contributed by atoms with E-state index in [1.807, 2.05) is 0 Å². The van der Waals surface area contributed by atoms with Crippen LogP contribution >= 0.6 is 0 Å². The van der Waals surface area contributed by atoms with Crippen LogP contribution in [0.15, 0.2) is 0 Å². The van der Waals surface area contributed by atoms with Gasteiger partial charge in [0.1, 0.15) is 0 Å². The van der Waals surface area contributed by atoms with E-state index >= 15 is 0 Å². The summed E-state index contributed by atoms with van der Waals surface area (Å²) in [4.78, 5) is 0. The highest BCUT2D eigenvalue weighted by Gasteiger charge is 2.45. The summed E-state index contributed by atoms with van der Waals surface area (Å²) in [6.45, 7) is 8.03. The van der Waals surface area contributed by atoms with Crippen LogP contribution in [-0.2, 0) is 0 Å². The van der Waals surface area contributed by atoms with Crippen LogP contribution in [0.2, 0.25) is 0 Å².